The summed E-state index contributed by atoms with van der Waals surface area (Å²) >= 11 is 5.76. The summed E-state index contributed by atoms with van der Waals surface area (Å²) in [5, 5.41) is 0.538. The lowest BCUT2D eigenvalue weighted by Crippen LogP contribution is -2.22. The van der Waals surface area contributed by atoms with Crippen molar-refractivity contribution in [2.45, 2.75) is 6.92 Å². The maximum atomic E-state index is 11.6. The number of carbonyl (C=O) groups is 1. The lowest BCUT2D eigenvalue weighted by Gasteiger charge is -2.12. The van der Waals surface area contributed by atoms with Crippen LogP contribution in [0.3, 0.4) is 0 Å². The van der Waals surface area contributed by atoms with Gasteiger partial charge in [-0.25, -0.2) is 0 Å². The Morgan fingerprint density at radius 2 is 2.15 bits per heavy atom. The molecule has 0 aliphatic heterocycles. The van der Waals surface area contributed by atoms with Crippen molar-refractivity contribution in [3.63, 3.8) is 0 Å². The third kappa shape index (κ3) is 2.22. The smallest absolute Gasteiger partial charge is 0.253 e. The second-order valence-electron chi connectivity index (χ2n) is 3.06. The number of amides is 1. The van der Waals surface area contributed by atoms with E-state index in [1.165, 1.54) is 4.90 Å². The van der Waals surface area contributed by atoms with Crippen LogP contribution in [0.5, 0.6) is 0 Å². The van der Waals surface area contributed by atoms with Crippen molar-refractivity contribution < 1.29 is 4.79 Å². The lowest BCUT2D eigenvalue weighted by atomic mass is 10.1. The Morgan fingerprint density at radius 3 is 2.69 bits per heavy atom. The molecule has 0 spiro atoms. The monoisotopic (exact) mass is 196 g/mol. The maximum absolute atomic E-state index is 11.6. The van der Waals surface area contributed by atoms with E-state index in [-0.39, 0.29) is 5.91 Å². The minimum absolute atomic E-state index is 0.0451. The number of benzene rings is 1. The second kappa shape index (κ2) is 3.79. The number of halogens is 1. The number of carbonyl (C=O) groups excluding carboxylic acids is 1. The molecule has 0 heterocycles. The summed E-state index contributed by atoms with van der Waals surface area (Å²) < 4.78 is 0. The minimum Gasteiger partial charge on any atom is -0.345 e. The van der Waals surface area contributed by atoms with Crippen LogP contribution in [0.25, 0.3) is 0 Å². The van der Waals surface area contributed by atoms with E-state index < -0.39 is 0 Å². The van der Waals surface area contributed by atoms with E-state index in [9.17, 15) is 4.79 Å². The van der Waals surface area contributed by atoms with Gasteiger partial charge in [-0.3, -0.25) is 4.79 Å². The van der Waals surface area contributed by atoms with Crippen LogP contribution >= 0.6 is 11.6 Å². The Balaban J connectivity index is 3.13. The second-order valence-corrected chi connectivity index (χ2v) is 3.49. The molecule has 1 aromatic rings. The Kier molecular flexibility index (Phi) is 2.94. The van der Waals surface area contributed by atoms with Gasteiger partial charge in [-0.05, 0) is 30.7 Å². The molecule has 69 valence electrons. The van der Waals surface area contributed by atoms with Gasteiger partial charge in [0, 0.05) is 24.7 Å². The van der Waals surface area contributed by atoms with Crippen molar-refractivity contribution in [3.05, 3.63) is 34.3 Å². The molecule has 3 heteroatoms. The molecule has 0 unspecified atom stereocenters. The van der Waals surface area contributed by atoms with Gasteiger partial charge in [0.25, 0.3) is 5.91 Å². The molecule has 0 bridgehead atoms. The normalized spacial score (nSPS) is 9.85. The molecule has 0 saturated carbocycles. The zero-order valence-electron chi connectivity index (χ0n) is 7.89. The van der Waals surface area contributed by atoms with E-state index >= 15 is 0 Å². The molecular formula is C10H11ClNO. The minimum atomic E-state index is -0.0451. The molecule has 0 saturated heterocycles. The molecule has 0 aliphatic carbocycles. The predicted molar refractivity (Wildman–Crippen MR) is 53.0 cm³/mol. The molecule has 1 radical (unpaired) electrons. The van der Waals surface area contributed by atoms with Crippen molar-refractivity contribution in [3.8, 4) is 0 Å². The number of aryl methyl sites for hydroxylation is 1. The zero-order valence-corrected chi connectivity index (χ0v) is 8.64. The average Bonchev–Trinajstić information content (AvgIpc) is 2.08. The lowest BCUT2D eigenvalue weighted by molar-refractivity contribution is 0.0827. The van der Waals surface area contributed by atoms with Gasteiger partial charge in [-0.1, -0.05) is 11.6 Å². The summed E-state index contributed by atoms with van der Waals surface area (Å²) in [5.41, 5.74) is 1.43. The Hall–Kier alpha value is -1.02. The molecule has 1 amide bonds. The van der Waals surface area contributed by atoms with Gasteiger partial charge in [-0.15, -0.1) is 0 Å². The third-order valence-electron chi connectivity index (χ3n) is 1.75. The van der Waals surface area contributed by atoms with Crippen LogP contribution in [0.4, 0.5) is 0 Å². The van der Waals surface area contributed by atoms with Crippen molar-refractivity contribution in [1.82, 2.24) is 4.90 Å². The molecule has 1 aromatic carbocycles. The van der Waals surface area contributed by atoms with Crippen molar-refractivity contribution in [1.29, 1.82) is 0 Å². The van der Waals surface area contributed by atoms with E-state index in [4.69, 9.17) is 11.6 Å². The van der Waals surface area contributed by atoms with Crippen LogP contribution < -0.4 is 0 Å². The summed E-state index contributed by atoms with van der Waals surface area (Å²) in [6, 6.07) is 6.24. The first kappa shape index (κ1) is 10.1. The fourth-order valence-corrected chi connectivity index (χ4v) is 1.17. The van der Waals surface area contributed by atoms with Gasteiger partial charge in [0.2, 0.25) is 0 Å². The van der Waals surface area contributed by atoms with Gasteiger partial charge in [0.05, 0.1) is 0 Å². The SMILES string of the molecule is Cc1[c]cc(Cl)cc1C(=O)N(C)C. The predicted octanol–water partition coefficient (Wildman–Crippen LogP) is 2.15. The summed E-state index contributed by atoms with van der Waals surface area (Å²) in [6.07, 6.45) is 0. The van der Waals surface area contributed by atoms with Gasteiger partial charge in [0.15, 0.2) is 0 Å². The molecule has 0 N–H and O–H groups in total. The van der Waals surface area contributed by atoms with Crippen molar-refractivity contribution >= 4 is 17.5 Å². The standard InChI is InChI=1S/C10H11ClNO/c1-7-4-5-8(11)6-9(7)10(13)12(2)3/h5-6H,1-3H3. The zero-order chi connectivity index (χ0) is 10.0. The van der Waals surface area contributed by atoms with Gasteiger partial charge < -0.3 is 4.90 Å². The Bertz CT molecular complexity index is 334. The fourth-order valence-electron chi connectivity index (χ4n) is 1.01. The molecule has 0 atom stereocenters. The van der Waals surface area contributed by atoms with Crippen LogP contribution in [-0.4, -0.2) is 24.9 Å². The van der Waals surface area contributed by atoms with Crippen LogP contribution in [0.15, 0.2) is 12.1 Å². The van der Waals surface area contributed by atoms with E-state index in [0.717, 1.165) is 5.56 Å². The highest BCUT2D eigenvalue weighted by Gasteiger charge is 2.10. The summed E-state index contributed by atoms with van der Waals surface area (Å²) in [4.78, 5) is 13.1. The highest BCUT2D eigenvalue weighted by molar-refractivity contribution is 6.31. The molecule has 2 nitrogen and oxygen atoms in total. The first-order valence-electron chi connectivity index (χ1n) is 3.92. The summed E-state index contributed by atoms with van der Waals surface area (Å²) in [7, 11) is 3.42. The maximum Gasteiger partial charge on any atom is 0.253 e. The van der Waals surface area contributed by atoms with E-state index in [1.807, 2.05) is 6.92 Å². The Labute approximate surface area is 83.1 Å². The highest BCUT2D eigenvalue weighted by atomic mass is 35.5. The van der Waals surface area contributed by atoms with Crippen molar-refractivity contribution in [2.75, 3.05) is 14.1 Å². The van der Waals surface area contributed by atoms with Crippen molar-refractivity contribution in [2.24, 2.45) is 0 Å². The topological polar surface area (TPSA) is 20.3 Å². The number of rotatable bonds is 1. The number of hydrogen-bond donors (Lipinski definition) is 0. The fraction of sp³-hybridized carbons (Fsp3) is 0.300. The average molecular weight is 197 g/mol. The van der Waals surface area contributed by atoms with Crippen LogP contribution in [0, 0.1) is 13.0 Å². The number of nitrogens with zero attached hydrogens (tertiary/aromatic N) is 1. The van der Waals surface area contributed by atoms with E-state index in [0.29, 0.717) is 10.6 Å². The quantitative estimate of drug-likeness (QED) is 0.674. The van der Waals surface area contributed by atoms with Crippen LogP contribution in [0.2, 0.25) is 5.02 Å². The number of hydrogen-bond acceptors (Lipinski definition) is 1. The van der Waals surface area contributed by atoms with Gasteiger partial charge >= 0.3 is 0 Å². The third-order valence-corrected chi connectivity index (χ3v) is 1.97. The highest BCUT2D eigenvalue weighted by Crippen LogP contribution is 2.15. The van der Waals surface area contributed by atoms with Crippen LogP contribution in [-0.2, 0) is 0 Å². The summed E-state index contributed by atoms with van der Waals surface area (Å²) in [5.74, 6) is -0.0451. The molecule has 0 fully saturated rings. The van der Waals surface area contributed by atoms with E-state index in [1.54, 1.807) is 26.2 Å². The molecular weight excluding hydrogens is 186 g/mol. The first-order chi connectivity index (χ1) is 6.02. The van der Waals surface area contributed by atoms with Crippen LogP contribution in [0.1, 0.15) is 15.9 Å². The molecule has 1 rings (SSSR count). The van der Waals surface area contributed by atoms with Gasteiger partial charge in [0.1, 0.15) is 0 Å². The molecule has 0 aromatic heterocycles. The molecule has 13 heavy (non-hydrogen) atoms. The Morgan fingerprint density at radius 1 is 1.54 bits per heavy atom. The summed E-state index contributed by atoms with van der Waals surface area (Å²) in [6.45, 7) is 1.84. The van der Waals surface area contributed by atoms with Gasteiger partial charge in [-0.2, -0.15) is 0 Å². The van der Waals surface area contributed by atoms with E-state index in [2.05, 4.69) is 6.07 Å². The molecule has 0 aliphatic rings. The first-order valence-corrected chi connectivity index (χ1v) is 4.29. The largest absolute Gasteiger partial charge is 0.345 e.